The van der Waals surface area contributed by atoms with E-state index in [0.717, 1.165) is 0 Å². The van der Waals surface area contributed by atoms with Gasteiger partial charge in [-0.3, -0.25) is 9.59 Å². The molecular formula is C9H17NO3. The Morgan fingerprint density at radius 3 is 2.15 bits per heavy atom. The van der Waals surface area contributed by atoms with Gasteiger partial charge in [0.1, 0.15) is 6.61 Å². The molecule has 0 spiro atoms. The van der Waals surface area contributed by atoms with Gasteiger partial charge < -0.3 is 10.1 Å². The molecule has 0 heterocycles. The third-order valence-electron chi connectivity index (χ3n) is 1.66. The Bertz CT molecular complexity index is 189. The fraction of sp³-hybridized carbons (Fsp3) is 0.778. The quantitative estimate of drug-likeness (QED) is 0.659. The third-order valence-corrected chi connectivity index (χ3v) is 1.66. The molecule has 4 heteroatoms. The fourth-order valence-corrected chi connectivity index (χ4v) is 0.869. The van der Waals surface area contributed by atoms with Crippen molar-refractivity contribution in [1.29, 1.82) is 0 Å². The lowest BCUT2D eigenvalue weighted by molar-refractivity contribution is -0.142. The van der Waals surface area contributed by atoms with Gasteiger partial charge in [0.05, 0.1) is 6.04 Å². The molecule has 0 aliphatic rings. The van der Waals surface area contributed by atoms with Crippen LogP contribution in [0.1, 0.15) is 27.7 Å². The monoisotopic (exact) mass is 187 g/mol. The van der Waals surface area contributed by atoms with Gasteiger partial charge in [0, 0.05) is 13.8 Å². The van der Waals surface area contributed by atoms with Crippen LogP contribution >= 0.6 is 0 Å². The van der Waals surface area contributed by atoms with Gasteiger partial charge in [0.15, 0.2) is 0 Å². The summed E-state index contributed by atoms with van der Waals surface area (Å²) >= 11 is 0. The largest absolute Gasteiger partial charge is 0.464 e. The Balaban J connectivity index is 3.95. The topological polar surface area (TPSA) is 55.4 Å². The maximum Gasteiger partial charge on any atom is 0.302 e. The molecule has 4 nitrogen and oxygen atoms in total. The molecule has 1 amide bonds. The molecule has 0 aromatic rings. The number of amides is 1. The molecule has 1 atom stereocenters. The summed E-state index contributed by atoms with van der Waals surface area (Å²) in [4.78, 5) is 21.3. The van der Waals surface area contributed by atoms with E-state index in [1.807, 2.05) is 13.8 Å². The van der Waals surface area contributed by atoms with Crippen LogP contribution in [0.25, 0.3) is 0 Å². The number of hydrogen-bond acceptors (Lipinski definition) is 3. The minimum absolute atomic E-state index is 0.0959. The number of ether oxygens (including phenoxy) is 1. The van der Waals surface area contributed by atoms with Gasteiger partial charge in [-0.1, -0.05) is 13.8 Å². The first-order chi connectivity index (χ1) is 5.93. The number of esters is 1. The second-order valence-corrected chi connectivity index (χ2v) is 3.35. The Morgan fingerprint density at radius 1 is 1.31 bits per heavy atom. The van der Waals surface area contributed by atoms with Crippen LogP contribution in [0.15, 0.2) is 0 Å². The predicted molar refractivity (Wildman–Crippen MR) is 49.1 cm³/mol. The van der Waals surface area contributed by atoms with E-state index in [0.29, 0.717) is 0 Å². The SMILES string of the molecule is CC(=O)N[C@H](COC(C)=O)C(C)C. The van der Waals surface area contributed by atoms with E-state index in [-0.39, 0.29) is 30.4 Å². The third kappa shape index (κ3) is 6.13. The molecule has 0 aromatic heterocycles. The lowest BCUT2D eigenvalue weighted by Gasteiger charge is -2.20. The second-order valence-electron chi connectivity index (χ2n) is 3.35. The van der Waals surface area contributed by atoms with Crippen LogP contribution in [0, 0.1) is 5.92 Å². The highest BCUT2D eigenvalue weighted by Crippen LogP contribution is 2.02. The molecule has 0 fully saturated rings. The fourth-order valence-electron chi connectivity index (χ4n) is 0.869. The zero-order valence-electron chi connectivity index (χ0n) is 8.59. The van der Waals surface area contributed by atoms with Crippen LogP contribution < -0.4 is 5.32 Å². The minimum Gasteiger partial charge on any atom is -0.464 e. The summed E-state index contributed by atoms with van der Waals surface area (Å²) < 4.78 is 4.81. The van der Waals surface area contributed by atoms with Gasteiger partial charge in [-0.05, 0) is 5.92 Å². The van der Waals surface area contributed by atoms with E-state index in [9.17, 15) is 9.59 Å². The molecule has 1 N–H and O–H groups in total. The zero-order valence-corrected chi connectivity index (χ0v) is 8.59. The van der Waals surface area contributed by atoms with Gasteiger partial charge in [0.25, 0.3) is 0 Å². The van der Waals surface area contributed by atoms with Crippen molar-refractivity contribution in [2.45, 2.75) is 33.7 Å². The number of carbonyl (C=O) groups is 2. The smallest absolute Gasteiger partial charge is 0.302 e. The molecule has 76 valence electrons. The second kappa shape index (κ2) is 5.56. The summed E-state index contributed by atoms with van der Waals surface area (Å²) in [6.07, 6.45) is 0. The van der Waals surface area contributed by atoms with Crippen molar-refractivity contribution in [1.82, 2.24) is 5.32 Å². The van der Waals surface area contributed by atoms with Gasteiger partial charge >= 0.3 is 5.97 Å². The maximum absolute atomic E-state index is 10.8. The first-order valence-electron chi connectivity index (χ1n) is 4.34. The standard InChI is InChI=1S/C9H17NO3/c1-6(2)9(10-7(3)11)5-13-8(4)12/h6,9H,5H2,1-4H3,(H,10,11)/t9-/m1/s1. The maximum atomic E-state index is 10.8. The summed E-state index contributed by atoms with van der Waals surface area (Å²) in [6, 6.07) is -0.0959. The summed E-state index contributed by atoms with van der Waals surface area (Å²) in [5, 5.41) is 2.72. The van der Waals surface area contributed by atoms with Crippen molar-refractivity contribution in [2.75, 3.05) is 6.61 Å². The molecule has 0 aliphatic carbocycles. The Hall–Kier alpha value is -1.06. The average molecular weight is 187 g/mol. The van der Waals surface area contributed by atoms with Crippen molar-refractivity contribution in [3.8, 4) is 0 Å². The van der Waals surface area contributed by atoms with Crippen molar-refractivity contribution in [3.05, 3.63) is 0 Å². The first kappa shape index (κ1) is 11.9. The highest BCUT2D eigenvalue weighted by atomic mass is 16.5. The number of carbonyl (C=O) groups excluding carboxylic acids is 2. The number of rotatable bonds is 4. The predicted octanol–water partition coefficient (Wildman–Crippen LogP) is 0.710. The van der Waals surface area contributed by atoms with Gasteiger partial charge in [-0.15, -0.1) is 0 Å². The Kier molecular flexibility index (Phi) is 5.11. The van der Waals surface area contributed by atoms with E-state index in [1.54, 1.807) is 0 Å². The van der Waals surface area contributed by atoms with Crippen LogP contribution in [0.5, 0.6) is 0 Å². The number of hydrogen-bond donors (Lipinski definition) is 1. The zero-order chi connectivity index (χ0) is 10.4. The lowest BCUT2D eigenvalue weighted by atomic mass is 10.1. The summed E-state index contributed by atoms with van der Waals surface area (Å²) in [7, 11) is 0. The van der Waals surface area contributed by atoms with Crippen molar-refractivity contribution in [2.24, 2.45) is 5.92 Å². The molecule has 0 aromatic carbocycles. The summed E-state index contributed by atoms with van der Waals surface area (Å²) in [5.41, 5.74) is 0. The van der Waals surface area contributed by atoms with Gasteiger partial charge in [0.2, 0.25) is 5.91 Å². The molecule has 0 bridgehead atoms. The Labute approximate surface area is 78.6 Å². The van der Waals surface area contributed by atoms with Crippen LogP contribution in [-0.2, 0) is 14.3 Å². The summed E-state index contributed by atoms with van der Waals surface area (Å²) in [6.45, 7) is 6.97. The lowest BCUT2D eigenvalue weighted by Crippen LogP contribution is -2.41. The highest BCUT2D eigenvalue weighted by Gasteiger charge is 2.15. The van der Waals surface area contributed by atoms with Crippen LogP contribution in [0.3, 0.4) is 0 Å². The number of nitrogens with one attached hydrogen (secondary N) is 1. The molecule has 0 aliphatic heterocycles. The summed E-state index contributed by atoms with van der Waals surface area (Å²) in [5.74, 6) is -0.176. The van der Waals surface area contributed by atoms with Crippen molar-refractivity contribution in [3.63, 3.8) is 0 Å². The van der Waals surface area contributed by atoms with Crippen molar-refractivity contribution >= 4 is 11.9 Å². The van der Waals surface area contributed by atoms with E-state index in [2.05, 4.69) is 5.32 Å². The van der Waals surface area contributed by atoms with E-state index in [1.165, 1.54) is 13.8 Å². The van der Waals surface area contributed by atoms with Crippen LogP contribution in [0.2, 0.25) is 0 Å². The van der Waals surface area contributed by atoms with Gasteiger partial charge in [-0.25, -0.2) is 0 Å². The molecular weight excluding hydrogens is 170 g/mol. The van der Waals surface area contributed by atoms with E-state index < -0.39 is 0 Å². The molecule has 13 heavy (non-hydrogen) atoms. The normalized spacial score (nSPS) is 12.4. The molecule has 0 saturated carbocycles. The Morgan fingerprint density at radius 2 is 1.85 bits per heavy atom. The van der Waals surface area contributed by atoms with E-state index >= 15 is 0 Å². The minimum atomic E-state index is -0.323. The first-order valence-corrected chi connectivity index (χ1v) is 4.34. The molecule has 0 unspecified atom stereocenters. The van der Waals surface area contributed by atoms with Gasteiger partial charge in [-0.2, -0.15) is 0 Å². The van der Waals surface area contributed by atoms with Crippen LogP contribution in [0.4, 0.5) is 0 Å². The molecule has 0 saturated heterocycles. The average Bonchev–Trinajstić information content (AvgIpc) is 1.96. The molecule has 0 radical (unpaired) electrons. The highest BCUT2D eigenvalue weighted by molar-refractivity contribution is 5.73. The van der Waals surface area contributed by atoms with E-state index in [4.69, 9.17) is 4.74 Å². The van der Waals surface area contributed by atoms with Crippen molar-refractivity contribution < 1.29 is 14.3 Å². The van der Waals surface area contributed by atoms with Crippen LogP contribution in [-0.4, -0.2) is 24.5 Å². The molecule has 0 rings (SSSR count).